The number of benzene rings is 3. The molecule has 234 valence electrons. The minimum Gasteiger partial charge on any atom is -0.390 e. The Morgan fingerprint density at radius 1 is 0.955 bits per heavy atom. The lowest BCUT2D eigenvalue weighted by molar-refractivity contribution is -0.137. The lowest BCUT2D eigenvalue weighted by Crippen LogP contribution is -2.48. The molecule has 10 heteroatoms. The van der Waals surface area contributed by atoms with Crippen LogP contribution in [-0.4, -0.2) is 39.3 Å². The topological polar surface area (TPSA) is 96.2 Å². The van der Waals surface area contributed by atoms with Crippen LogP contribution in [0, 0.1) is 0 Å². The molecule has 1 heterocycles. The Hall–Kier alpha value is -4.02. The molecule has 0 aliphatic rings. The molecule has 1 amide bonds. The van der Waals surface area contributed by atoms with Crippen molar-refractivity contribution in [3.05, 3.63) is 112 Å². The maximum Gasteiger partial charge on any atom is 0.416 e. The standard InChI is InChI=1S/C34H39F3N4O3/c1-3-10-26(11-4-2)41-22-39-31-27(16-9-17-28(31)33(41)44)32(43)40-29(19-23-12-6-5-7-13-23)30(42)21-38-20-24-14-8-15-25(18-24)34(35,36)37/h5-9,12-18,22,26,29-30,38,42H,3-4,10-11,19-21H2,1-2H3,(H,40,43)/t29-,30+/m0/s1. The number of halogens is 3. The lowest BCUT2D eigenvalue weighted by Gasteiger charge is -2.25. The fraction of sp³-hybridized carbons (Fsp3) is 0.382. The van der Waals surface area contributed by atoms with E-state index in [1.54, 1.807) is 28.8 Å². The number of fused-ring (bicyclic) bond motifs is 1. The zero-order valence-electron chi connectivity index (χ0n) is 25.0. The van der Waals surface area contributed by atoms with Crippen LogP contribution >= 0.6 is 0 Å². The van der Waals surface area contributed by atoms with Crippen LogP contribution < -0.4 is 16.2 Å². The largest absolute Gasteiger partial charge is 0.416 e. The average Bonchev–Trinajstić information content (AvgIpc) is 3.01. The first-order chi connectivity index (χ1) is 21.1. The van der Waals surface area contributed by atoms with E-state index in [1.165, 1.54) is 12.4 Å². The van der Waals surface area contributed by atoms with Crippen LogP contribution in [0.15, 0.2) is 83.9 Å². The number of aliphatic hydroxyl groups is 1. The van der Waals surface area contributed by atoms with E-state index in [4.69, 9.17) is 0 Å². The van der Waals surface area contributed by atoms with Crippen molar-refractivity contribution in [3.8, 4) is 0 Å². The van der Waals surface area contributed by atoms with Crippen molar-refractivity contribution in [3.63, 3.8) is 0 Å². The van der Waals surface area contributed by atoms with Crippen LogP contribution in [0.1, 0.15) is 72.6 Å². The number of alkyl halides is 3. The predicted octanol–water partition coefficient (Wildman–Crippen LogP) is 6.05. The summed E-state index contributed by atoms with van der Waals surface area (Å²) in [6.45, 7) is 4.27. The molecule has 1 aromatic heterocycles. The third-order valence-electron chi connectivity index (χ3n) is 7.71. The normalized spacial score (nSPS) is 13.2. The molecule has 0 saturated carbocycles. The van der Waals surface area contributed by atoms with Crippen LogP contribution in [0.4, 0.5) is 13.2 Å². The summed E-state index contributed by atoms with van der Waals surface area (Å²) in [4.78, 5) is 31.6. The highest BCUT2D eigenvalue weighted by molar-refractivity contribution is 6.05. The molecule has 0 aliphatic carbocycles. The van der Waals surface area contributed by atoms with Gasteiger partial charge in [0.05, 0.1) is 40.5 Å². The summed E-state index contributed by atoms with van der Waals surface area (Å²) in [5.41, 5.74) is 0.865. The van der Waals surface area contributed by atoms with Gasteiger partial charge in [0, 0.05) is 19.1 Å². The number of nitrogens with zero attached hydrogens (tertiary/aromatic N) is 2. The number of rotatable bonds is 14. The highest BCUT2D eigenvalue weighted by Gasteiger charge is 2.30. The molecule has 2 atom stereocenters. The van der Waals surface area contributed by atoms with Gasteiger partial charge in [-0.3, -0.25) is 14.2 Å². The molecule has 4 aromatic rings. The first-order valence-electron chi connectivity index (χ1n) is 15.0. The number of nitrogens with one attached hydrogen (secondary N) is 2. The molecule has 0 aliphatic heterocycles. The van der Waals surface area contributed by atoms with Crippen LogP contribution in [0.25, 0.3) is 10.9 Å². The second-order valence-electron chi connectivity index (χ2n) is 11.1. The van der Waals surface area contributed by atoms with Crippen LogP contribution in [-0.2, 0) is 19.1 Å². The van der Waals surface area contributed by atoms with Gasteiger partial charge >= 0.3 is 6.18 Å². The van der Waals surface area contributed by atoms with E-state index >= 15 is 0 Å². The van der Waals surface area contributed by atoms with E-state index in [-0.39, 0.29) is 35.8 Å². The number of hydrogen-bond donors (Lipinski definition) is 3. The Bertz CT molecular complexity index is 1580. The summed E-state index contributed by atoms with van der Waals surface area (Å²) < 4.78 is 41.0. The monoisotopic (exact) mass is 608 g/mol. The number of aromatic nitrogens is 2. The number of aliphatic hydroxyl groups excluding tert-OH is 1. The fourth-order valence-electron chi connectivity index (χ4n) is 5.46. The van der Waals surface area contributed by atoms with Crippen molar-refractivity contribution < 1.29 is 23.1 Å². The quantitative estimate of drug-likeness (QED) is 0.162. The van der Waals surface area contributed by atoms with Gasteiger partial charge in [0.2, 0.25) is 0 Å². The minimum absolute atomic E-state index is 0.0166. The van der Waals surface area contributed by atoms with Gasteiger partial charge in [-0.1, -0.05) is 81.3 Å². The Labute approximate surface area is 255 Å². The molecule has 7 nitrogen and oxygen atoms in total. The number of para-hydroxylation sites is 1. The third-order valence-corrected chi connectivity index (χ3v) is 7.71. The zero-order valence-corrected chi connectivity index (χ0v) is 25.0. The molecule has 0 fully saturated rings. The Balaban J connectivity index is 1.54. The van der Waals surface area contributed by atoms with Crippen LogP contribution in [0.3, 0.4) is 0 Å². The molecule has 0 unspecified atom stereocenters. The molecule has 4 rings (SSSR count). The number of hydrogen-bond acceptors (Lipinski definition) is 5. The summed E-state index contributed by atoms with van der Waals surface area (Å²) in [6, 6.07) is 18.5. The molecule has 0 bridgehead atoms. The van der Waals surface area contributed by atoms with E-state index < -0.39 is 29.8 Å². The molecule has 0 spiro atoms. The maximum atomic E-state index is 13.6. The summed E-state index contributed by atoms with van der Waals surface area (Å²) in [5, 5.41) is 17.4. The van der Waals surface area contributed by atoms with Gasteiger partial charge < -0.3 is 15.7 Å². The Morgan fingerprint density at radius 2 is 1.64 bits per heavy atom. The van der Waals surface area contributed by atoms with Crippen molar-refractivity contribution in [2.75, 3.05) is 6.54 Å². The molecule has 3 N–H and O–H groups in total. The molecule has 3 aromatic carbocycles. The van der Waals surface area contributed by atoms with Gasteiger partial charge in [0.15, 0.2) is 0 Å². The highest BCUT2D eigenvalue weighted by atomic mass is 19.4. The summed E-state index contributed by atoms with van der Waals surface area (Å²) in [7, 11) is 0. The molecule has 0 radical (unpaired) electrons. The third kappa shape index (κ3) is 8.33. The average molecular weight is 609 g/mol. The zero-order chi connectivity index (χ0) is 31.7. The van der Waals surface area contributed by atoms with Gasteiger partial charge in [-0.2, -0.15) is 13.2 Å². The van der Waals surface area contributed by atoms with Crippen LogP contribution in [0.2, 0.25) is 0 Å². The van der Waals surface area contributed by atoms with Crippen molar-refractivity contribution in [2.24, 2.45) is 0 Å². The predicted molar refractivity (Wildman–Crippen MR) is 165 cm³/mol. The minimum atomic E-state index is -4.45. The van der Waals surface area contributed by atoms with Gasteiger partial charge in [-0.05, 0) is 48.6 Å². The van der Waals surface area contributed by atoms with E-state index in [0.29, 0.717) is 17.4 Å². The van der Waals surface area contributed by atoms with E-state index in [0.717, 1.165) is 43.4 Å². The first kappa shape index (κ1) is 32.9. The maximum absolute atomic E-state index is 13.6. The lowest BCUT2D eigenvalue weighted by atomic mass is 10.00. The first-order valence-corrected chi connectivity index (χ1v) is 15.0. The molecular formula is C34H39F3N4O3. The molecular weight excluding hydrogens is 569 g/mol. The summed E-state index contributed by atoms with van der Waals surface area (Å²) >= 11 is 0. The Kier molecular flexibility index (Phi) is 11.3. The van der Waals surface area contributed by atoms with Gasteiger partial charge in [0.1, 0.15) is 0 Å². The Morgan fingerprint density at radius 3 is 2.32 bits per heavy atom. The van der Waals surface area contributed by atoms with Crippen molar-refractivity contribution in [1.82, 2.24) is 20.2 Å². The van der Waals surface area contributed by atoms with Crippen molar-refractivity contribution in [2.45, 2.75) is 76.9 Å². The van der Waals surface area contributed by atoms with Gasteiger partial charge in [-0.25, -0.2) is 4.98 Å². The van der Waals surface area contributed by atoms with Gasteiger partial charge in [0.25, 0.3) is 11.5 Å². The number of carbonyl (C=O) groups is 1. The number of amides is 1. The second kappa shape index (κ2) is 15.1. The second-order valence-corrected chi connectivity index (χ2v) is 11.1. The van der Waals surface area contributed by atoms with Gasteiger partial charge in [-0.15, -0.1) is 0 Å². The van der Waals surface area contributed by atoms with E-state index in [1.807, 2.05) is 30.3 Å². The molecule has 0 saturated heterocycles. The fourth-order valence-corrected chi connectivity index (χ4v) is 5.46. The highest BCUT2D eigenvalue weighted by Crippen LogP contribution is 2.29. The van der Waals surface area contributed by atoms with E-state index in [2.05, 4.69) is 29.5 Å². The summed E-state index contributed by atoms with van der Waals surface area (Å²) in [5.74, 6) is -0.489. The molecule has 44 heavy (non-hydrogen) atoms. The summed E-state index contributed by atoms with van der Waals surface area (Å²) in [6.07, 6.45) is -0.144. The smallest absolute Gasteiger partial charge is 0.390 e. The van der Waals surface area contributed by atoms with Crippen molar-refractivity contribution >= 4 is 16.8 Å². The number of carbonyl (C=O) groups excluding carboxylic acids is 1. The van der Waals surface area contributed by atoms with E-state index in [9.17, 15) is 27.9 Å². The SMILES string of the molecule is CCCC(CCC)n1cnc2c(C(=O)N[C@@H](Cc3ccccc3)[C@H](O)CNCc3cccc(C(F)(F)F)c3)cccc2c1=O. The van der Waals surface area contributed by atoms with Crippen molar-refractivity contribution in [1.29, 1.82) is 0 Å². The van der Waals surface area contributed by atoms with Crippen LogP contribution in [0.5, 0.6) is 0 Å².